The maximum Gasteiger partial charge on any atom is 0.201 e. The lowest BCUT2D eigenvalue weighted by atomic mass is 10.2. The van der Waals surface area contributed by atoms with Gasteiger partial charge in [0.1, 0.15) is 5.75 Å². The zero-order valence-electron chi connectivity index (χ0n) is 14.8. The first-order valence-electron chi connectivity index (χ1n) is 8.26. The minimum Gasteiger partial charge on any atom is -0.497 e. The van der Waals surface area contributed by atoms with Crippen LogP contribution in [-0.2, 0) is 0 Å². The van der Waals surface area contributed by atoms with Crippen LogP contribution in [0.1, 0.15) is 11.1 Å². The number of anilines is 1. The van der Waals surface area contributed by atoms with E-state index in [1.807, 2.05) is 85.8 Å². The number of hydrogen-bond acceptors (Lipinski definition) is 4. The molecule has 0 atom stereocenters. The highest BCUT2D eigenvalue weighted by Crippen LogP contribution is 2.17. The lowest BCUT2D eigenvalue weighted by Gasteiger charge is -2.05. The average molecular weight is 344 g/mol. The van der Waals surface area contributed by atoms with E-state index in [1.165, 1.54) is 5.56 Å². The Hall–Kier alpha value is -3.47. The highest BCUT2D eigenvalue weighted by molar-refractivity contribution is 5.99. The van der Waals surface area contributed by atoms with E-state index in [-0.39, 0.29) is 0 Å². The van der Waals surface area contributed by atoms with Gasteiger partial charge in [0, 0.05) is 5.56 Å². The molecule has 0 aliphatic rings. The Balaban J connectivity index is 1.88. The summed E-state index contributed by atoms with van der Waals surface area (Å²) in [7, 11) is 1.64. The minimum atomic E-state index is 0.483. The Bertz CT molecular complexity index is 886. The van der Waals surface area contributed by atoms with E-state index in [9.17, 15) is 0 Å². The molecule has 1 N–H and O–H groups in total. The van der Waals surface area contributed by atoms with Crippen LogP contribution in [0.15, 0.2) is 94.2 Å². The summed E-state index contributed by atoms with van der Waals surface area (Å²) in [4.78, 5) is 0. The van der Waals surface area contributed by atoms with Gasteiger partial charge < -0.3 is 4.74 Å². The molecule has 3 aromatic carbocycles. The highest BCUT2D eigenvalue weighted by atomic mass is 16.5. The standard InChI is InChI=1S/C21H20N4O/c1-16-8-12-19(13-9-16)23-25-21(17-10-14-20(26-2)15-11-17)24-22-18-6-4-3-5-7-18/h3-15,22H,1-2H3/b24-21+,25-23?. The summed E-state index contributed by atoms with van der Waals surface area (Å²) >= 11 is 0. The number of benzene rings is 3. The summed E-state index contributed by atoms with van der Waals surface area (Å²) in [5.41, 5.74) is 6.69. The molecule has 0 saturated heterocycles. The maximum atomic E-state index is 5.21. The van der Waals surface area contributed by atoms with Gasteiger partial charge in [-0.2, -0.15) is 5.10 Å². The summed E-state index contributed by atoms with van der Waals surface area (Å²) in [5.74, 6) is 1.26. The molecule has 0 saturated carbocycles. The molecule has 0 amide bonds. The van der Waals surface area contributed by atoms with Crippen LogP contribution in [0.2, 0.25) is 0 Å². The van der Waals surface area contributed by atoms with Crippen LogP contribution in [0.4, 0.5) is 11.4 Å². The van der Waals surface area contributed by atoms with E-state index in [0.29, 0.717) is 5.84 Å². The summed E-state index contributed by atoms with van der Waals surface area (Å²) in [6.07, 6.45) is 0. The SMILES string of the molecule is COc1ccc(/C(N=Nc2ccc(C)cc2)=N\Nc2ccccc2)cc1. The fourth-order valence-electron chi connectivity index (χ4n) is 2.23. The van der Waals surface area contributed by atoms with Crippen molar-refractivity contribution in [2.24, 2.45) is 15.3 Å². The van der Waals surface area contributed by atoms with E-state index < -0.39 is 0 Å². The Kier molecular flexibility index (Phi) is 5.72. The lowest BCUT2D eigenvalue weighted by molar-refractivity contribution is 0.415. The summed E-state index contributed by atoms with van der Waals surface area (Å²) in [6.45, 7) is 2.04. The number of methoxy groups -OCH3 is 1. The number of azo groups is 1. The van der Waals surface area contributed by atoms with Gasteiger partial charge >= 0.3 is 0 Å². The normalized spacial score (nSPS) is 11.5. The number of nitrogens with one attached hydrogen (secondary N) is 1. The van der Waals surface area contributed by atoms with Gasteiger partial charge in [0.15, 0.2) is 0 Å². The molecule has 0 aromatic heterocycles. The Morgan fingerprint density at radius 1 is 0.846 bits per heavy atom. The van der Waals surface area contributed by atoms with Crippen molar-refractivity contribution in [2.45, 2.75) is 6.92 Å². The van der Waals surface area contributed by atoms with Crippen LogP contribution in [0.5, 0.6) is 5.75 Å². The van der Waals surface area contributed by atoms with Crippen molar-refractivity contribution in [2.75, 3.05) is 12.5 Å². The molecule has 130 valence electrons. The van der Waals surface area contributed by atoms with Crippen LogP contribution < -0.4 is 10.2 Å². The molecule has 0 bridgehead atoms. The van der Waals surface area contributed by atoms with Crippen LogP contribution in [0.3, 0.4) is 0 Å². The van der Waals surface area contributed by atoms with Gasteiger partial charge in [-0.25, -0.2) is 0 Å². The second kappa shape index (κ2) is 8.58. The monoisotopic (exact) mass is 344 g/mol. The molecule has 0 fully saturated rings. The number of aryl methyl sites for hydroxylation is 1. The smallest absolute Gasteiger partial charge is 0.201 e. The van der Waals surface area contributed by atoms with Gasteiger partial charge in [-0.15, -0.1) is 10.2 Å². The van der Waals surface area contributed by atoms with Gasteiger partial charge in [-0.3, -0.25) is 5.43 Å². The fraction of sp³-hybridized carbons (Fsp3) is 0.0952. The number of para-hydroxylation sites is 1. The van der Waals surface area contributed by atoms with Gasteiger partial charge in [0.05, 0.1) is 18.5 Å². The molecule has 0 radical (unpaired) electrons. The number of amidine groups is 1. The third-order valence-corrected chi connectivity index (χ3v) is 3.71. The highest BCUT2D eigenvalue weighted by Gasteiger charge is 2.04. The Labute approximate surface area is 153 Å². The molecule has 5 heteroatoms. The quantitative estimate of drug-likeness (QED) is 0.285. The predicted molar refractivity (Wildman–Crippen MR) is 105 cm³/mol. The van der Waals surface area contributed by atoms with Crippen LogP contribution in [-0.4, -0.2) is 12.9 Å². The first-order chi connectivity index (χ1) is 12.7. The number of rotatable bonds is 5. The third kappa shape index (κ3) is 4.77. The van der Waals surface area contributed by atoms with Crippen LogP contribution in [0, 0.1) is 6.92 Å². The first kappa shape index (κ1) is 17.4. The predicted octanol–water partition coefficient (Wildman–Crippen LogP) is 5.56. The van der Waals surface area contributed by atoms with Gasteiger partial charge in [-0.05, 0) is 55.5 Å². The summed E-state index contributed by atoms with van der Waals surface area (Å²) < 4.78 is 5.21. The molecule has 0 heterocycles. The van der Waals surface area contributed by atoms with E-state index in [1.54, 1.807) is 7.11 Å². The second-order valence-electron chi connectivity index (χ2n) is 5.68. The van der Waals surface area contributed by atoms with Crippen molar-refractivity contribution in [1.29, 1.82) is 0 Å². The number of hydrogen-bond donors (Lipinski definition) is 1. The molecule has 0 spiro atoms. The molecular formula is C21H20N4O. The van der Waals surface area contributed by atoms with E-state index in [4.69, 9.17) is 4.74 Å². The molecule has 3 aromatic rings. The Morgan fingerprint density at radius 2 is 1.54 bits per heavy atom. The largest absolute Gasteiger partial charge is 0.497 e. The zero-order valence-corrected chi connectivity index (χ0v) is 14.8. The summed E-state index contributed by atoms with van der Waals surface area (Å²) in [6, 6.07) is 25.1. The maximum absolute atomic E-state index is 5.21. The minimum absolute atomic E-state index is 0.483. The molecule has 26 heavy (non-hydrogen) atoms. The molecule has 3 rings (SSSR count). The Morgan fingerprint density at radius 3 is 2.19 bits per heavy atom. The van der Waals surface area contributed by atoms with Gasteiger partial charge in [0.25, 0.3) is 0 Å². The molecular weight excluding hydrogens is 324 g/mol. The number of hydrazone groups is 1. The fourth-order valence-corrected chi connectivity index (χ4v) is 2.23. The second-order valence-corrected chi connectivity index (χ2v) is 5.68. The van der Waals surface area contributed by atoms with Crippen molar-refractivity contribution in [3.63, 3.8) is 0 Å². The van der Waals surface area contributed by atoms with E-state index in [2.05, 4.69) is 20.8 Å². The van der Waals surface area contributed by atoms with Crippen molar-refractivity contribution in [1.82, 2.24) is 0 Å². The van der Waals surface area contributed by atoms with Crippen molar-refractivity contribution >= 4 is 17.2 Å². The van der Waals surface area contributed by atoms with Gasteiger partial charge in [0.2, 0.25) is 5.84 Å². The molecule has 0 aliphatic heterocycles. The molecule has 5 nitrogen and oxygen atoms in total. The van der Waals surface area contributed by atoms with E-state index >= 15 is 0 Å². The third-order valence-electron chi connectivity index (χ3n) is 3.71. The number of nitrogens with zero attached hydrogens (tertiary/aromatic N) is 3. The van der Waals surface area contributed by atoms with Crippen LogP contribution >= 0.6 is 0 Å². The molecule has 0 aliphatic carbocycles. The average Bonchev–Trinajstić information content (AvgIpc) is 2.70. The molecule has 0 unspecified atom stereocenters. The topological polar surface area (TPSA) is 58.3 Å². The van der Waals surface area contributed by atoms with Crippen molar-refractivity contribution in [3.8, 4) is 5.75 Å². The number of ether oxygens (including phenoxy) is 1. The van der Waals surface area contributed by atoms with E-state index in [0.717, 1.165) is 22.7 Å². The van der Waals surface area contributed by atoms with Crippen LogP contribution in [0.25, 0.3) is 0 Å². The summed E-state index contributed by atoms with van der Waals surface area (Å²) in [5, 5.41) is 13.1. The first-order valence-corrected chi connectivity index (χ1v) is 8.26. The zero-order chi connectivity index (χ0) is 18.2. The lowest BCUT2D eigenvalue weighted by Crippen LogP contribution is -2.01. The van der Waals surface area contributed by atoms with Crippen molar-refractivity contribution < 1.29 is 4.74 Å². The van der Waals surface area contributed by atoms with Crippen molar-refractivity contribution in [3.05, 3.63) is 90.0 Å². The van der Waals surface area contributed by atoms with Gasteiger partial charge in [-0.1, -0.05) is 35.9 Å².